The Bertz CT molecular complexity index is 581. The predicted molar refractivity (Wildman–Crippen MR) is 69.2 cm³/mol. The highest BCUT2D eigenvalue weighted by Crippen LogP contribution is 2.36. The van der Waals surface area contributed by atoms with Crippen molar-refractivity contribution in [1.29, 1.82) is 0 Å². The van der Waals surface area contributed by atoms with Crippen LogP contribution >= 0.6 is 0 Å². The minimum absolute atomic E-state index is 0.735. The van der Waals surface area contributed by atoms with E-state index < -0.39 is 0 Å². The van der Waals surface area contributed by atoms with Crippen LogP contribution < -0.4 is 5.32 Å². The van der Waals surface area contributed by atoms with E-state index in [2.05, 4.69) is 21.4 Å². The first-order valence-electron chi connectivity index (χ1n) is 6.01. The van der Waals surface area contributed by atoms with E-state index >= 15 is 0 Å². The molecule has 4 heteroatoms. The van der Waals surface area contributed by atoms with Gasteiger partial charge in [0.25, 0.3) is 0 Å². The first-order valence-corrected chi connectivity index (χ1v) is 6.01. The Morgan fingerprint density at radius 3 is 2.94 bits per heavy atom. The Balaban J connectivity index is 2.18. The summed E-state index contributed by atoms with van der Waals surface area (Å²) in [5, 5.41) is 2.83. The number of amides is 1. The van der Waals surface area contributed by atoms with Gasteiger partial charge in [0.15, 0.2) is 0 Å². The van der Waals surface area contributed by atoms with E-state index in [-0.39, 0.29) is 0 Å². The van der Waals surface area contributed by atoms with Crippen molar-refractivity contribution in [2.45, 2.75) is 19.3 Å². The van der Waals surface area contributed by atoms with Gasteiger partial charge in [-0.05, 0) is 36.5 Å². The van der Waals surface area contributed by atoms with E-state index in [1.807, 2.05) is 12.1 Å². The summed E-state index contributed by atoms with van der Waals surface area (Å²) in [5.74, 6) is 0. The van der Waals surface area contributed by atoms with Gasteiger partial charge in [-0.1, -0.05) is 12.1 Å². The summed E-state index contributed by atoms with van der Waals surface area (Å²) in [6.07, 6.45) is 7.22. The Morgan fingerprint density at radius 2 is 2.17 bits per heavy atom. The monoisotopic (exact) mass is 239 g/mol. The smallest absolute Gasteiger partial charge is 0.211 e. The predicted octanol–water partition coefficient (Wildman–Crippen LogP) is 2.20. The summed E-state index contributed by atoms with van der Waals surface area (Å²) in [4.78, 5) is 19.0. The minimum Gasteiger partial charge on any atom is -0.328 e. The molecule has 0 spiro atoms. The zero-order chi connectivity index (χ0) is 12.4. The van der Waals surface area contributed by atoms with Crippen LogP contribution in [0.5, 0.6) is 0 Å². The molecule has 1 aliphatic carbocycles. The molecular weight excluding hydrogens is 226 g/mol. The Morgan fingerprint density at radius 1 is 1.22 bits per heavy atom. The second kappa shape index (κ2) is 4.56. The lowest BCUT2D eigenvalue weighted by Crippen LogP contribution is -2.02. The molecule has 0 unspecified atom stereocenters. The topological polar surface area (TPSA) is 54.9 Å². The number of carbonyl (C=O) groups excluding carboxylic acids is 1. The van der Waals surface area contributed by atoms with Gasteiger partial charge in [-0.3, -0.25) is 4.79 Å². The van der Waals surface area contributed by atoms with Crippen LogP contribution in [0.4, 0.5) is 5.69 Å². The summed E-state index contributed by atoms with van der Waals surface area (Å²) in [5.41, 5.74) is 5.28. The molecule has 18 heavy (non-hydrogen) atoms. The van der Waals surface area contributed by atoms with Gasteiger partial charge in [0.05, 0.1) is 11.4 Å². The molecule has 0 saturated carbocycles. The van der Waals surface area contributed by atoms with Crippen LogP contribution in [-0.2, 0) is 17.6 Å². The highest BCUT2D eigenvalue weighted by Gasteiger charge is 2.18. The lowest BCUT2D eigenvalue weighted by molar-refractivity contribution is -0.105. The normalized spacial score (nSPS) is 13.1. The maximum atomic E-state index is 10.8. The molecular formula is C14H13N3O. The number of aryl methyl sites for hydroxylation is 1. The van der Waals surface area contributed by atoms with Crippen LogP contribution in [0, 0.1) is 0 Å². The number of anilines is 1. The molecule has 4 nitrogen and oxygen atoms in total. The average molecular weight is 239 g/mol. The van der Waals surface area contributed by atoms with Crippen molar-refractivity contribution in [2.75, 3.05) is 5.32 Å². The number of fused-ring (bicyclic) bond motifs is 1. The van der Waals surface area contributed by atoms with Crippen LogP contribution in [-0.4, -0.2) is 16.4 Å². The highest BCUT2D eigenvalue weighted by atomic mass is 16.1. The molecule has 3 rings (SSSR count). The standard InChI is InChI=1S/C14H13N3O/c18-9-17-14-11-3-1-2-10(11)4-5-12(14)13-6-7-15-8-16-13/h4-9H,1-3H2,(H,17,18). The molecule has 0 saturated heterocycles. The van der Waals surface area contributed by atoms with E-state index in [1.54, 1.807) is 6.20 Å². The minimum atomic E-state index is 0.735. The molecule has 0 radical (unpaired) electrons. The largest absolute Gasteiger partial charge is 0.328 e. The number of carbonyl (C=O) groups is 1. The third kappa shape index (κ3) is 1.76. The van der Waals surface area contributed by atoms with Gasteiger partial charge in [-0.2, -0.15) is 0 Å². The van der Waals surface area contributed by atoms with E-state index in [9.17, 15) is 4.79 Å². The average Bonchev–Trinajstić information content (AvgIpc) is 2.89. The number of hydrogen-bond acceptors (Lipinski definition) is 3. The van der Waals surface area contributed by atoms with Crippen LogP contribution in [0.25, 0.3) is 11.3 Å². The van der Waals surface area contributed by atoms with E-state index in [1.165, 1.54) is 17.5 Å². The third-order valence-electron chi connectivity index (χ3n) is 3.34. The molecule has 1 amide bonds. The summed E-state index contributed by atoms with van der Waals surface area (Å²) in [6, 6.07) is 6.01. The number of benzene rings is 1. The molecule has 1 aromatic heterocycles. The summed E-state index contributed by atoms with van der Waals surface area (Å²) in [6.45, 7) is 0. The van der Waals surface area contributed by atoms with E-state index in [0.717, 1.165) is 42.6 Å². The van der Waals surface area contributed by atoms with Crippen LogP contribution in [0.15, 0.2) is 30.7 Å². The molecule has 1 aliphatic rings. The SMILES string of the molecule is O=CNc1c(-c2ccncn2)ccc2c1CCC2. The van der Waals surface area contributed by atoms with E-state index in [4.69, 9.17) is 0 Å². The van der Waals surface area contributed by atoms with Gasteiger partial charge in [-0.25, -0.2) is 9.97 Å². The number of nitrogens with zero attached hydrogens (tertiary/aromatic N) is 2. The van der Waals surface area contributed by atoms with Gasteiger partial charge >= 0.3 is 0 Å². The molecule has 0 atom stereocenters. The van der Waals surface area contributed by atoms with Crippen molar-refractivity contribution in [3.05, 3.63) is 41.9 Å². The lowest BCUT2D eigenvalue weighted by atomic mass is 10.0. The fourth-order valence-electron chi connectivity index (χ4n) is 2.55. The summed E-state index contributed by atoms with van der Waals surface area (Å²) in [7, 11) is 0. The van der Waals surface area contributed by atoms with Gasteiger partial charge in [0.1, 0.15) is 6.33 Å². The second-order valence-corrected chi connectivity index (χ2v) is 4.34. The lowest BCUT2D eigenvalue weighted by Gasteiger charge is -2.12. The first kappa shape index (κ1) is 10.9. The molecule has 1 N–H and O–H groups in total. The Labute approximate surface area is 105 Å². The van der Waals surface area contributed by atoms with Crippen LogP contribution in [0.1, 0.15) is 17.5 Å². The molecule has 1 aromatic carbocycles. The summed E-state index contributed by atoms with van der Waals surface area (Å²) >= 11 is 0. The van der Waals surface area contributed by atoms with Gasteiger partial charge in [-0.15, -0.1) is 0 Å². The number of rotatable bonds is 3. The maximum absolute atomic E-state index is 10.8. The molecule has 1 heterocycles. The molecule has 2 aromatic rings. The van der Waals surface area contributed by atoms with E-state index in [0.29, 0.717) is 0 Å². The van der Waals surface area contributed by atoms with Gasteiger partial charge in [0, 0.05) is 11.8 Å². The van der Waals surface area contributed by atoms with Crippen LogP contribution in [0.2, 0.25) is 0 Å². The van der Waals surface area contributed by atoms with Crippen molar-refractivity contribution in [1.82, 2.24) is 9.97 Å². The number of hydrogen-bond donors (Lipinski definition) is 1. The zero-order valence-corrected chi connectivity index (χ0v) is 9.89. The third-order valence-corrected chi connectivity index (χ3v) is 3.34. The van der Waals surface area contributed by atoms with Crippen molar-refractivity contribution in [3.63, 3.8) is 0 Å². The Hall–Kier alpha value is -2.23. The number of aromatic nitrogens is 2. The quantitative estimate of drug-likeness (QED) is 0.835. The first-order chi connectivity index (χ1) is 8.90. The number of nitrogens with one attached hydrogen (secondary N) is 1. The van der Waals surface area contributed by atoms with Crippen molar-refractivity contribution in [3.8, 4) is 11.3 Å². The van der Waals surface area contributed by atoms with Gasteiger partial charge < -0.3 is 5.32 Å². The molecule has 0 fully saturated rings. The van der Waals surface area contributed by atoms with Crippen LogP contribution in [0.3, 0.4) is 0 Å². The zero-order valence-electron chi connectivity index (χ0n) is 9.89. The molecule has 0 aliphatic heterocycles. The fourth-order valence-corrected chi connectivity index (χ4v) is 2.55. The Kier molecular flexibility index (Phi) is 2.76. The second-order valence-electron chi connectivity index (χ2n) is 4.34. The molecule has 0 bridgehead atoms. The van der Waals surface area contributed by atoms with Gasteiger partial charge in [0.2, 0.25) is 6.41 Å². The fraction of sp³-hybridized carbons (Fsp3) is 0.214. The molecule has 90 valence electrons. The van der Waals surface area contributed by atoms with Crippen molar-refractivity contribution in [2.24, 2.45) is 0 Å². The van der Waals surface area contributed by atoms with Crippen molar-refractivity contribution < 1.29 is 4.79 Å². The summed E-state index contributed by atoms with van der Waals surface area (Å²) < 4.78 is 0. The highest BCUT2D eigenvalue weighted by molar-refractivity contribution is 5.87. The van der Waals surface area contributed by atoms with Crippen molar-refractivity contribution >= 4 is 12.1 Å². The maximum Gasteiger partial charge on any atom is 0.211 e.